The number of carbonyl (C=O) groups is 16. The van der Waals surface area contributed by atoms with E-state index >= 15 is 8.78 Å². The fourth-order valence-electron chi connectivity index (χ4n) is 12.2. The highest BCUT2D eigenvalue weighted by Gasteiger charge is 2.37. The molecule has 2 aromatic carbocycles. The lowest BCUT2D eigenvalue weighted by Crippen LogP contribution is -2.53. The summed E-state index contributed by atoms with van der Waals surface area (Å²) in [6, 6.07) is 1.33. The molecule has 12 atom stereocenters. The molecule has 0 aliphatic carbocycles. The second-order valence-corrected chi connectivity index (χ2v) is 30.6. The Bertz CT molecular complexity index is 4410. The molecule has 51 heteroatoms. The predicted octanol–water partition coefficient (Wildman–Crippen LogP) is -7.94. The summed E-state index contributed by atoms with van der Waals surface area (Å²) < 4.78 is 94.4. The Kier molecular flexibility index (Phi) is 49.3. The number of thiophene rings is 1. The Morgan fingerprint density at radius 3 is 1.52 bits per heavy atom. The summed E-state index contributed by atoms with van der Waals surface area (Å²) in [4.78, 5) is 206. The topological polar surface area (TPSA) is 694 Å². The van der Waals surface area contributed by atoms with Gasteiger partial charge in [-0.25, -0.2) is 8.78 Å². The quantitative estimate of drug-likeness (QED) is 0.0108. The van der Waals surface area contributed by atoms with Crippen molar-refractivity contribution in [1.82, 2.24) is 63.0 Å². The van der Waals surface area contributed by atoms with Gasteiger partial charge in [0.05, 0.1) is 163 Å². The third kappa shape index (κ3) is 38.9. The molecule has 2 aliphatic heterocycles. The number of ether oxygens (including phenoxy) is 10. The van der Waals surface area contributed by atoms with Crippen LogP contribution in [0.4, 0.5) is 8.78 Å². The molecular weight excluding hydrogens is 1790 g/mol. The fourth-order valence-corrected chi connectivity index (χ4v) is 13.2. The van der Waals surface area contributed by atoms with Crippen LogP contribution >= 0.6 is 11.3 Å². The predicted molar refractivity (Wildman–Crippen MR) is 449 cm³/mol. The highest BCUT2D eigenvalue weighted by molar-refractivity contribution is 7.20. The van der Waals surface area contributed by atoms with Crippen LogP contribution in [0, 0.1) is 11.6 Å². The van der Waals surface area contributed by atoms with Gasteiger partial charge in [-0.05, 0) is 44.4 Å². The van der Waals surface area contributed by atoms with Crippen molar-refractivity contribution in [3.8, 4) is 23.0 Å². The number of nitrogens with zero attached hydrogens (tertiary/aromatic N) is 2. The van der Waals surface area contributed by atoms with Gasteiger partial charge in [-0.1, -0.05) is 0 Å². The minimum absolute atomic E-state index is 0.0163. The average molecular weight is 1910 g/mol. The molecule has 1 unspecified atom stereocenters. The van der Waals surface area contributed by atoms with Gasteiger partial charge in [0.1, 0.15) is 61.4 Å². The number of imide groups is 1. The van der Waals surface area contributed by atoms with Gasteiger partial charge in [0.25, 0.3) is 0 Å². The number of esters is 2. The number of rotatable bonds is 66. The maximum absolute atomic E-state index is 16.2. The lowest BCUT2D eigenvalue weighted by atomic mass is 10.0. The third-order valence-corrected chi connectivity index (χ3v) is 20.6. The summed E-state index contributed by atoms with van der Waals surface area (Å²) >= 11 is 1.03. The number of methoxy groups -OCH3 is 2. The number of likely N-dealkylation sites (tertiary alicyclic amines) is 1. The largest absolute Gasteiger partial charge is 0.493 e. The zero-order chi connectivity index (χ0) is 98.4. The number of hydrogen-bond donors (Lipinski definition) is 20. The molecule has 1 aromatic heterocycles. The van der Waals surface area contributed by atoms with Gasteiger partial charge in [-0.3, -0.25) is 81.6 Å². The van der Waals surface area contributed by atoms with Crippen molar-refractivity contribution in [3.05, 3.63) is 45.8 Å². The molecule has 5 rings (SSSR count). The Morgan fingerprint density at radius 1 is 0.500 bits per heavy atom. The molecule has 2 aliphatic rings. The number of nitrogens with one attached hydrogen (secondary N) is 10. The first-order valence-corrected chi connectivity index (χ1v) is 42.7. The van der Waals surface area contributed by atoms with Crippen LogP contribution in [0.15, 0.2) is 18.2 Å². The van der Waals surface area contributed by atoms with Crippen molar-refractivity contribution >= 4 is 116 Å². The number of ketones is 1. The monoisotopic (exact) mass is 1910 g/mol. The lowest BCUT2D eigenvalue weighted by Gasteiger charge is -2.26. The number of halogens is 2. The molecule has 738 valence electrons. The molecule has 1 saturated heterocycles. The van der Waals surface area contributed by atoms with Crippen molar-refractivity contribution < 1.29 is 185 Å². The van der Waals surface area contributed by atoms with Gasteiger partial charge in [0.2, 0.25) is 76.8 Å². The maximum atomic E-state index is 16.2. The molecule has 0 spiro atoms. The van der Waals surface area contributed by atoms with E-state index < -0.39 is 271 Å². The van der Waals surface area contributed by atoms with Crippen molar-refractivity contribution in [3.63, 3.8) is 0 Å². The number of amides is 13. The molecule has 48 nitrogen and oxygen atoms in total. The van der Waals surface area contributed by atoms with Crippen LogP contribution in [0.2, 0.25) is 0 Å². The molecule has 132 heavy (non-hydrogen) atoms. The first kappa shape index (κ1) is 110. The highest BCUT2D eigenvalue weighted by Crippen LogP contribution is 2.42. The third-order valence-electron chi connectivity index (χ3n) is 19.5. The van der Waals surface area contributed by atoms with E-state index in [-0.39, 0.29) is 176 Å². The van der Waals surface area contributed by atoms with Crippen molar-refractivity contribution in [2.24, 2.45) is 0 Å². The summed E-state index contributed by atoms with van der Waals surface area (Å²) in [6.45, 7) is -3.91. The van der Waals surface area contributed by atoms with Crippen LogP contribution in [0.5, 0.6) is 23.0 Å². The summed E-state index contributed by atoms with van der Waals surface area (Å²) in [5.74, 6) is -14.7. The van der Waals surface area contributed by atoms with Crippen LogP contribution in [0.1, 0.15) is 113 Å². The molecule has 13 amide bonds. The minimum atomic E-state index is -2.04. The SMILES string of the molecule is [3H]C1CC(=O)N(CC(=O)N[C@@H](CCC(=O)NC[C@H](C)OC(=O)CCC(=O)N2Cc3cc(OC)c(OCCCOc4c(OC)cc5sc(C(=O)CCC(=O)OCC)cc5c4F)c(F)c3C2)C(=O)NCC(=O)NCC(=O)NCC(=O)NCC(=O)NCCOCCOCCOCCOCCC(=O)N[C@@H](CCC(=O)NC[C@H](O)[C@@H](O)[C@H](O)[C@H](O)CO)C(=O)NC[C@H](O)[C@@H](O)[C@H](O)[C@H](O)CO)C1=O. The van der Waals surface area contributed by atoms with E-state index in [1.807, 2.05) is 0 Å². The second-order valence-electron chi connectivity index (χ2n) is 29.5. The summed E-state index contributed by atoms with van der Waals surface area (Å²) in [5, 5.41) is 120. The van der Waals surface area contributed by atoms with E-state index in [1.54, 1.807) is 6.92 Å². The first-order valence-electron chi connectivity index (χ1n) is 42.5. The maximum Gasteiger partial charge on any atom is 0.306 e. The van der Waals surface area contributed by atoms with Crippen LogP contribution in [-0.4, -0.2) is 381 Å². The van der Waals surface area contributed by atoms with Crippen molar-refractivity contribution in [2.75, 3.05) is 159 Å². The molecule has 0 radical (unpaired) electrons. The number of Topliss-reactive ketones (excluding diaryl/α,β-unsaturated/α-hetero) is 1. The van der Waals surface area contributed by atoms with Gasteiger partial charge in [-0.2, -0.15) is 0 Å². The van der Waals surface area contributed by atoms with Gasteiger partial charge in [0.15, 0.2) is 40.4 Å². The lowest BCUT2D eigenvalue weighted by molar-refractivity contribution is -0.150. The smallest absolute Gasteiger partial charge is 0.306 e. The summed E-state index contributed by atoms with van der Waals surface area (Å²) in [6.07, 6.45) is -21.4. The Balaban J connectivity index is 0.920. The van der Waals surface area contributed by atoms with Gasteiger partial charge >= 0.3 is 11.9 Å². The van der Waals surface area contributed by atoms with Crippen molar-refractivity contribution in [2.45, 2.75) is 171 Å². The minimum Gasteiger partial charge on any atom is -0.493 e. The Morgan fingerprint density at radius 2 is 0.985 bits per heavy atom. The standard InChI is InChI=1S/C81H118F2N12O36S/c1-5-128-70(114)15-9-50(98)58-30-46-57(132-58)31-56(123-4)79(72(46)82)130-20-6-19-129-78-55(122-3)29-45-39-94(40-47(45)73(78)83)67(111)14-16-71(115)131-44(2)32-85-59(103)10-8-49(93-66(110)41-95-68(112)12-13-69(95)113)81(121)91-38-65(109)89-37-64(108)88-36-63(107)87-35-62(106)84-18-22-125-24-26-127-28-27-126-25-23-124-21-17-61(105)92-48(80(120)90-34-52(100)75(117)77(119)54(102)43-97)7-11-60(104)86-33-51(99)74(116)76(118)53(101)42-96/h29-31,44,48-49,51-54,74-77,96-97,99-102,116-119H,5-28,32-43H2,1-4H3,(H,84,106)(H,85,103)(H,86,104)(H,87,107)(H,88,108)(H,89,109)(H,90,120)(H,91,121)(H,92,105)(H,93,110)/t44-,48-,49-,51-,52-,53+,54+,74+,75+,76+,77+/m0/s1/i12T/t12?,44-,48-,49-,51-,52-,53+,54+,74+,75+,76+,77+. The zero-order valence-corrected chi connectivity index (χ0v) is 73.9. The fraction of sp³-hybridized carbons (Fsp3) is 0.630. The molecular formula is C81H118F2N12O36S. The van der Waals surface area contributed by atoms with E-state index in [1.165, 1.54) is 44.2 Å². The number of fused-ring (bicyclic) bond motifs is 2. The first-order chi connectivity index (χ1) is 63.3. The molecule has 20 N–H and O–H groups in total. The summed E-state index contributed by atoms with van der Waals surface area (Å²) in [5.41, 5.74) is 0.539. The number of aliphatic hydroxyl groups excluding tert-OH is 10. The van der Waals surface area contributed by atoms with Crippen LogP contribution in [0.25, 0.3) is 10.1 Å². The highest BCUT2D eigenvalue weighted by atomic mass is 32.1. The van der Waals surface area contributed by atoms with E-state index in [0.29, 0.717) is 15.2 Å². The Labute approximate surface area is 760 Å². The molecule has 3 heterocycles. The number of benzene rings is 2. The van der Waals surface area contributed by atoms with Gasteiger partial charge < -0.3 is 157 Å². The molecule has 1 fully saturated rings. The summed E-state index contributed by atoms with van der Waals surface area (Å²) in [7, 11) is 2.60. The second kappa shape index (κ2) is 59.4. The van der Waals surface area contributed by atoms with E-state index in [0.717, 1.165) is 11.3 Å². The molecule has 0 saturated carbocycles. The van der Waals surface area contributed by atoms with Gasteiger partial charge in [0, 0.05) is 107 Å². The van der Waals surface area contributed by atoms with Crippen molar-refractivity contribution in [1.29, 1.82) is 0 Å². The molecule has 0 bridgehead atoms. The number of aliphatic hydroxyl groups is 10. The van der Waals surface area contributed by atoms with Gasteiger partial charge in [-0.15, -0.1) is 11.3 Å². The van der Waals surface area contributed by atoms with E-state index in [2.05, 4.69) is 53.2 Å². The van der Waals surface area contributed by atoms with E-state index in [4.69, 9.17) is 59.0 Å². The zero-order valence-electron chi connectivity index (χ0n) is 74.1. The normalized spacial score (nSPS) is 15.5. The number of carbonyl (C=O) groups excluding carboxylic acids is 16. The average Bonchev–Trinajstić information content (AvgIpc) is 1.67. The number of hydrogen-bond acceptors (Lipinski definition) is 37. The van der Waals surface area contributed by atoms with Crippen LogP contribution in [-0.2, 0) is 113 Å². The van der Waals surface area contributed by atoms with Crippen LogP contribution < -0.4 is 72.1 Å². The molecule has 3 aromatic rings. The Hall–Kier alpha value is -11.2. The van der Waals surface area contributed by atoms with E-state index in [9.17, 15) is 118 Å². The van der Waals surface area contributed by atoms with Crippen LogP contribution in [0.3, 0.4) is 0 Å².